The molecule has 144 valence electrons. The van der Waals surface area contributed by atoms with E-state index in [0.717, 1.165) is 5.75 Å². The lowest BCUT2D eigenvalue weighted by Gasteiger charge is -2.35. The number of hydrogen-bond acceptors (Lipinski definition) is 6. The maximum absolute atomic E-state index is 12.8. The molecule has 26 heavy (non-hydrogen) atoms. The van der Waals surface area contributed by atoms with Crippen molar-refractivity contribution in [3.63, 3.8) is 0 Å². The smallest absolute Gasteiger partial charge is 0.409 e. The highest BCUT2D eigenvalue weighted by molar-refractivity contribution is 7.98. The number of carbonyl (C=O) groups is 3. The third-order valence-electron chi connectivity index (χ3n) is 4.08. The molecule has 0 bridgehead atoms. The summed E-state index contributed by atoms with van der Waals surface area (Å²) in [5.74, 6) is 0.388. The highest BCUT2D eigenvalue weighted by Gasteiger charge is 2.30. The van der Waals surface area contributed by atoms with E-state index in [9.17, 15) is 14.4 Å². The van der Waals surface area contributed by atoms with Gasteiger partial charge in [-0.1, -0.05) is 0 Å². The molecule has 8 nitrogen and oxygen atoms in total. The molecule has 2 heterocycles. The number of furan rings is 1. The second-order valence-corrected chi connectivity index (χ2v) is 6.78. The van der Waals surface area contributed by atoms with Crippen molar-refractivity contribution in [3.05, 3.63) is 24.2 Å². The van der Waals surface area contributed by atoms with Gasteiger partial charge in [0.05, 0.1) is 12.9 Å². The number of ether oxygens (including phenoxy) is 1. The van der Waals surface area contributed by atoms with Crippen LogP contribution in [0, 0.1) is 0 Å². The van der Waals surface area contributed by atoms with Crippen LogP contribution in [0.5, 0.6) is 0 Å². The zero-order valence-electron chi connectivity index (χ0n) is 15.1. The summed E-state index contributed by atoms with van der Waals surface area (Å²) in [7, 11) is 0. The van der Waals surface area contributed by atoms with Gasteiger partial charge < -0.3 is 24.3 Å². The van der Waals surface area contributed by atoms with Crippen LogP contribution in [0.2, 0.25) is 0 Å². The van der Waals surface area contributed by atoms with Crippen LogP contribution in [0.4, 0.5) is 4.79 Å². The molecule has 1 atom stereocenters. The summed E-state index contributed by atoms with van der Waals surface area (Å²) >= 11 is 1.61. The summed E-state index contributed by atoms with van der Waals surface area (Å²) < 4.78 is 10.1. The van der Waals surface area contributed by atoms with Gasteiger partial charge in [-0.05, 0) is 37.5 Å². The van der Waals surface area contributed by atoms with Gasteiger partial charge in [-0.3, -0.25) is 9.59 Å². The minimum atomic E-state index is -0.616. The van der Waals surface area contributed by atoms with Crippen molar-refractivity contribution in [2.24, 2.45) is 0 Å². The third-order valence-corrected chi connectivity index (χ3v) is 4.72. The van der Waals surface area contributed by atoms with Crippen molar-refractivity contribution in [3.8, 4) is 0 Å². The molecule has 0 spiro atoms. The minimum Gasteiger partial charge on any atom is -0.459 e. The zero-order chi connectivity index (χ0) is 18.9. The normalized spacial score (nSPS) is 15.5. The molecule has 0 aliphatic carbocycles. The molecule has 9 heteroatoms. The fourth-order valence-electron chi connectivity index (χ4n) is 2.67. The molecule has 1 aromatic heterocycles. The van der Waals surface area contributed by atoms with Crippen LogP contribution >= 0.6 is 11.8 Å². The van der Waals surface area contributed by atoms with E-state index < -0.39 is 11.9 Å². The van der Waals surface area contributed by atoms with Crippen molar-refractivity contribution in [1.29, 1.82) is 0 Å². The first-order valence-electron chi connectivity index (χ1n) is 8.60. The Hall–Kier alpha value is -2.16. The fraction of sp³-hybridized carbons (Fsp3) is 0.588. The Morgan fingerprint density at radius 3 is 2.54 bits per heavy atom. The summed E-state index contributed by atoms with van der Waals surface area (Å²) in [6.45, 7) is 3.77. The molecule has 1 aromatic rings. The topological polar surface area (TPSA) is 92.1 Å². The van der Waals surface area contributed by atoms with Gasteiger partial charge in [0, 0.05) is 26.2 Å². The van der Waals surface area contributed by atoms with E-state index in [2.05, 4.69) is 5.32 Å². The van der Waals surface area contributed by atoms with Gasteiger partial charge in [0.25, 0.3) is 5.91 Å². The van der Waals surface area contributed by atoms with E-state index in [0.29, 0.717) is 39.2 Å². The quantitative estimate of drug-likeness (QED) is 0.766. The molecule has 1 N–H and O–H groups in total. The van der Waals surface area contributed by atoms with Crippen molar-refractivity contribution in [2.45, 2.75) is 19.4 Å². The number of carbonyl (C=O) groups excluding carboxylic acids is 3. The van der Waals surface area contributed by atoms with Gasteiger partial charge >= 0.3 is 6.09 Å². The summed E-state index contributed by atoms with van der Waals surface area (Å²) in [5.41, 5.74) is 0. The summed E-state index contributed by atoms with van der Waals surface area (Å²) in [4.78, 5) is 40.1. The number of piperazine rings is 1. The molecule has 1 aliphatic rings. The first kappa shape index (κ1) is 20.2. The van der Waals surface area contributed by atoms with Gasteiger partial charge in [0.1, 0.15) is 6.04 Å². The maximum atomic E-state index is 12.8. The number of thioether (sulfide) groups is 1. The van der Waals surface area contributed by atoms with E-state index in [1.165, 1.54) is 6.26 Å². The molecule has 1 saturated heterocycles. The molecular formula is C17H25N3O5S. The van der Waals surface area contributed by atoms with Crippen molar-refractivity contribution >= 4 is 29.7 Å². The maximum Gasteiger partial charge on any atom is 0.409 e. The highest BCUT2D eigenvalue weighted by atomic mass is 32.2. The highest BCUT2D eigenvalue weighted by Crippen LogP contribution is 2.10. The second kappa shape index (κ2) is 10.1. The molecule has 1 unspecified atom stereocenters. The molecular weight excluding hydrogens is 358 g/mol. The Morgan fingerprint density at radius 2 is 1.96 bits per heavy atom. The standard InChI is InChI=1S/C17H25N3O5S/c1-3-24-17(23)20-9-7-19(8-10-20)16(22)13(6-12-26-2)18-15(21)14-5-4-11-25-14/h4-5,11,13H,3,6-10,12H2,1-2H3,(H,18,21). The molecule has 0 aromatic carbocycles. The molecule has 0 saturated carbocycles. The van der Waals surface area contributed by atoms with Crippen LogP contribution in [0.25, 0.3) is 0 Å². The van der Waals surface area contributed by atoms with E-state index in [1.807, 2.05) is 6.26 Å². The van der Waals surface area contributed by atoms with Gasteiger partial charge in [0.2, 0.25) is 5.91 Å². The predicted molar refractivity (Wildman–Crippen MR) is 98.1 cm³/mol. The Kier molecular flexibility index (Phi) is 7.83. The average molecular weight is 383 g/mol. The Balaban J connectivity index is 1.94. The van der Waals surface area contributed by atoms with Crippen LogP contribution in [-0.4, -0.2) is 78.5 Å². The van der Waals surface area contributed by atoms with Gasteiger partial charge in [-0.25, -0.2) is 4.79 Å². The average Bonchev–Trinajstić information content (AvgIpc) is 3.19. The summed E-state index contributed by atoms with van der Waals surface area (Å²) in [6, 6.07) is 2.57. The lowest BCUT2D eigenvalue weighted by Crippen LogP contribution is -2.56. The summed E-state index contributed by atoms with van der Waals surface area (Å²) in [6.07, 6.45) is 3.55. The largest absolute Gasteiger partial charge is 0.459 e. The lowest BCUT2D eigenvalue weighted by atomic mass is 10.1. The second-order valence-electron chi connectivity index (χ2n) is 5.80. The van der Waals surface area contributed by atoms with Crippen LogP contribution in [0.1, 0.15) is 23.9 Å². The number of nitrogens with zero attached hydrogens (tertiary/aromatic N) is 2. The van der Waals surface area contributed by atoms with Crippen molar-refractivity contribution < 1.29 is 23.5 Å². The molecule has 3 amide bonds. The number of amides is 3. The number of rotatable bonds is 7. The monoisotopic (exact) mass is 383 g/mol. The Bertz CT molecular complexity index is 600. The first-order valence-corrected chi connectivity index (χ1v) is 10.00. The third kappa shape index (κ3) is 5.42. The summed E-state index contributed by atoms with van der Waals surface area (Å²) in [5, 5.41) is 2.76. The van der Waals surface area contributed by atoms with Crippen molar-refractivity contribution in [1.82, 2.24) is 15.1 Å². The predicted octanol–water partition coefficient (Wildman–Crippen LogP) is 1.43. The Labute approximate surface area is 157 Å². The molecule has 1 aliphatic heterocycles. The van der Waals surface area contributed by atoms with Crippen molar-refractivity contribution in [2.75, 3.05) is 44.8 Å². The van der Waals surface area contributed by atoms with E-state index >= 15 is 0 Å². The lowest BCUT2D eigenvalue weighted by molar-refractivity contribution is -0.134. The van der Waals surface area contributed by atoms with E-state index in [-0.39, 0.29) is 17.8 Å². The number of nitrogens with one attached hydrogen (secondary N) is 1. The fourth-order valence-corrected chi connectivity index (χ4v) is 3.15. The molecule has 1 fully saturated rings. The molecule has 2 rings (SSSR count). The molecule has 0 radical (unpaired) electrons. The van der Waals surface area contributed by atoms with Crippen LogP contribution in [0.15, 0.2) is 22.8 Å². The number of hydrogen-bond donors (Lipinski definition) is 1. The van der Waals surface area contributed by atoms with Gasteiger partial charge in [-0.2, -0.15) is 11.8 Å². The van der Waals surface area contributed by atoms with Crippen LogP contribution in [0.3, 0.4) is 0 Å². The van der Waals surface area contributed by atoms with Gasteiger partial charge in [-0.15, -0.1) is 0 Å². The van der Waals surface area contributed by atoms with E-state index in [1.54, 1.807) is 40.6 Å². The van der Waals surface area contributed by atoms with E-state index in [4.69, 9.17) is 9.15 Å². The van der Waals surface area contributed by atoms with Crippen LogP contribution in [-0.2, 0) is 9.53 Å². The minimum absolute atomic E-state index is 0.137. The zero-order valence-corrected chi connectivity index (χ0v) is 15.9. The SMILES string of the molecule is CCOC(=O)N1CCN(C(=O)C(CCSC)NC(=O)c2ccco2)CC1. The van der Waals surface area contributed by atoms with Crippen LogP contribution < -0.4 is 5.32 Å². The first-order chi connectivity index (χ1) is 12.6. The Morgan fingerprint density at radius 1 is 1.27 bits per heavy atom. The van der Waals surface area contributed by atoms with Gasteiger partial charge in [0.15, 0.2) is 5.76 Å².